The number of rotatable bonds is 2. The molecule has 6 nitrogen and oxygen atoms in total. The third-order valence-electron chi connectivity index (χ3n) is 3.03. The van der Waals surface area contributed by atoms with Gasteiger partial charge in [-0.1, -0.05) is 0 Å². The Bertz CT molecular complexity index is 714. The van der Waals surface area contributed by atoms with Crippen molar-refractivity contribution in [2.24, 2.45) is 0 Å². The van der Waals surface area contributed by atoms with Crippen LogP contribution in [0.5, 0.6) is 5.75 Å². The molecule has 2 aromatic rings. The van der Waals surface area contributed by atoms with E-state index in [9.17, 15) is 9.59 Å². The predicted octanol–water partition coefficient (Wildman–Crippen LogP) is 1.97. The number of carbonyl (C=O) groups is 2. The Morgan fingerprint density at radius 1 is 1.43 bits per heavy atom. The zero-order valence-electron chi connectivity index (χ0n) is 11.3. The highest BCUT2D eigenvalue weighted by molar-refractivity contribution is 6.06. The summed E-state index contributed by atoms with van der Waals surface area (Å²) in [6.07, 6.45) is 3.09. The third kappa shape index (κ3) is 2.69. The fourth-order valence-corrected chi connectivity index (χ4v) is 2.13. The number of pyridine rings is 1. The first-order chi connectivity index (χ1) is 10.1. The number of hydrogen-bond donors (Lipinski definition) is 2. The van der Waals surface area contributed by atoms with E-state index in [4.69, 9.17) is 4.74 Å². The minimum absolute atomic E-state index is 0.0637. The molecule has 0 saturated carbocycles. The van der Waals surface area contributed by atoms with E-state index in [1.165, 1.54) is 6.20 Å². The smallest absolute Gasteiger partial charge is 0.262 e. The molecule has 6 heteroatoms. The summed E-state index contributed by atoms with van der Waals surface area (Å²) in [6, 6.07) is 6.96. The minimum Gasteiger partial charge on any atom is -0.479 e. The average molecular weight is 283 g/mol. The number of anilines is 2. The molecular formula is C15H13N3O3. The lowest BCUT2D eigenvalue weighted by Crippen LogP contribution is -2.26. The molecule has 0 bridgehead atoms. The van der Waals surface area contributed by atoms with E-state index in [-0.39, 0.29) is 18.4 Å². The number of carbonyl (C=O) groups excluding carboxylic acids is 2. The molecular weight excluding hydrogens is 270 g/mol. The van der Waals surface area contributed by atoms with Gasteiger partial charge in [-0.3, -0.25) is 14.6 Å². The molecule has 0 atom stereocenters. The number of nitrogens with one attached hydrogen (secondary N) is 2. The molecule has 2 N–H and O–H groups in total. The molecule has 1 aromatic carbocycles. The zero-order chi connectivity index (χ0) is 14.8. The SMILES string of the molecule is Cc1cc2c(c(NC(=O)c3cccnc3)c1)OCC(=O)N2. The van der Waals surface area contributed by atoms with Crippen LogP contribution in [-0.4, -0.2) is 23.4 Å². The van der Waals surface area contributed by atoms with Crippen LogP contribution in [0.2, 0.25) is 0 Å². The minimum atomic E-state index is -0.281. The molecule has 106 valence electrons. The number of nitrogens with zero attached hydrogens (tertiary/aromatic N) is 1. The van der Waals surface area contributed by atoms with Crippen molar-refractivity contribution in [1.29, 1.82) is 0 Å². The van der Waals surface area contributed by atoms with E-state index >= 15 is 0 Å². The van der Waals surface area contributed by atoms with Crippen molar-refractivity contribution in [2.45, 2.75) is 6.92 Å². The molecule has 2 amide bonds. The fraction of sp³-hybridized carbons (Fsp3) is 0.133. The molecule has 0 unspecified atom stereocenters. The maximum atomic E-state index is 12.2. The summed E-state index contributed by atoms with van der Waals surface area (Å²) in [4.78, 5) is 27.5. The second-order valence-electron chi connectivity index (χ2n) is 4.72. The van der Waals surface area contributed by atoms with Crippen molar-refractivity contribution in [1.82, 2.24) is 4.98 Å². The lowest BCUT2D eigenvalue weighted by atomic mass is 10.1. The molecule has 2 heterocycles. The number of fused-ring (bicyclic) bond motifs is 1. The van der Waals surface area contributed by atoms with Gasteiger partial charge in [0.25, 0.3) is 11.8 Å². The summed E-state index contributed by atoms with van der Waals surface area (Å²) in [5, 5.41) is 5.51. The van der Waals surface area contributed by atoms with Gasteiger partial charge in [0.1, 0.15) is 0 Å². The molecule has 0 spiro atoms. The Balaban J connectivity index is 1.92. The van der Waals surface area contributed by atoms with Crippen LogP contribution in [0.25, 0.3) is 0 Å². The first-order valence-corrected chi connectivity index (χ1v) is 6.42. The van der Waals surface area contributed by atoms with Gasteiger partial charge in [-0.15, -0.1) is 0 Å². The largest absolute Gasteiger partial charge is 0.479 e. The lowest BCUT2D eigenvalue weighted by molar-refractivity contribution is -0.118. The predicted molar refractivity (Wildman–Crippen MR) is 77.5 cm³/mol. The summed E-state index contributed by atoms with van der Waals surface area (Å²) >= 11 is 0. The highest BCUT2D eigenvalue weighted by Gasteiger charge is 2.21. The van der Waals surface area contributed by atoms with Gasteiger partial charge in [0.05, 0.1) is 16.9 Å². The first-order valence-electron chi connectivity index (χ1n) is 6.42. The molecule has 3 rings (SSSR count). The standard InChI is InChI=1S/C15H13N3O3/c1-9-5-11-14(21-8-13(19)17-11)12(6-9)18-15(20)10-3-2-4-16-7-10/h2-7H,8H2,1H3,(H,17,19)(H,18,20). The van der Waals surface area contributed by atoms with Crippen molar-refractivity contribution in [3.63, 3.8) is 0 Å². The summed E-state index contributed by atoms with van der Waals surface area (Å²) < 4.78 is 5.42. The van der Waals surface area contributed by atoms with E-state index in [0.29, 0.717) is 22.7 Å². The van der Waals surface area contributed by atoms with Crippen molar-refractivity contribution in [3.8, 4) is 5.75 Å². The molecule has 0 fully saturated rings. The van der Waals surface area contributed by atoms with E-state index in [0.717, 1.165) is 5.56 Å². The topological polar surface area (TPSA) is 80.3 Å². The number of aromatic nitrogens is 1. The molecule has 0 aliphatic carbocycles. The highest BCUT2D eigenvalue weighted by atomic mass is 16.5. The summed E-state index contributed by atoms with van der Waals surface area (Å²) in [5.74, 6) is -0.0218. The van der Waals surface area contributed by atoms with E-state index in [2.05, 4.69) is 15.6 Å². The highest BCUT2D eigenvalue weighted by Crippen LogP contribution is 2.37. The van der Waals surface area contributed by atoms with Crippen LogP contribution >= 0.6 is 0 Å². The number of hydrogen-bond acceptors (Lipinski definition) is 4. The van der Waals surface area contributed by atoms with Crippen molar-refractivity contribution in [2.75, 3.05) is 17.2 Å². The van der Waals surface area contributed by atoms with Crippen LogP contribution in [0, 0.1) is 6.92 Å². The van der Waals surface area contributed by atoms with Crippen molar-refractivity contribution < 1.29 is 14.3 Å². The first kappa shape index (κ1) is 13.1. The van der Waals surface area contributed by atoms with Gasteiger partial charge in [-0.05, 0) is 36.8 Å². The van der Waals surface area contributed by atoms with Crippen LogP contribution < -0.4 is 15.4 Å². The van der Waals surface area contributed by atoms with E-state index in [1.807, 2.05) is 6.92 Å². The van der Waals surface area contributed by atoms with Gasteiger partial charge in [0.15, 0.2) is 12.4 Å². The van der Waals surface area contributed by atoms with Gasteiger partial charge < -0.3 is 15.4 Å². The van der Waals surface area contributed by atoms with Crippen LogP contribution in [0.3, 0.4) is 0 Å². The Hall–Kier alpha value is -2.89. The monoisotopic (exact) mass is 283 g/mol. The van der Waals surface area contributed by atoms with Crippen LogP contribution in [0.4, 0.5) is 11.4 Å². The Morgan fingerprint density at radius 3 is 3.05 bits per heavy atom. The third-order valence-corrected chi connectivity index (χ3v) is 3.03. The van der Waals surface area contributed by atoms with Gasteiger partial charge in [-0.25, -0.2) is 0 Å². The molecule has 1 aliphatic heterocycles. The maximum Gasteiger partial charge on any atom is 0.262 e. The second kappa shape index (κ2) is 5.24. The zero-order valence-corrected chi connectivity index (χ0v) is 11.3. The Labute approximate surface area is 121 Å². The van der Waals surface area contributed by atoms with Gasteiger partial charge in [0.2, 0.25) is 0 Å². The van der Waals surface area contributed by atoms with Crippen LogP contribution in [-0.2, 0) is 4.79 Å². The number of ether oxygens (including phenoxy) is 1. The summed E-state index contributed by atoms with van der Waals surface area (Å²) in [7, 11) is 0. The average Bonchev–Trinajstić information content (AvgIpc) is 2.47. The van der Waals surface area contributed by atoms with Crippen LogP contribution in [0.1, 0.15) is 15.9 Å². The fourth-order valence-electron chi connectivity index (χ4n) is 2.13. The lowest BCUT2D eigenvalue weighted by Gasteiger charge is -2.21. The van der Waals surface area contributed by atoms with Crippen LogP contribution in [0.15, 0.2) is 36.7 Å². The van der Waals surface area contributed by atoms with Gasteiger partial charge in [0, 0.05) is 12.4 Å². The van der Waals surface area contributed by atoms with Gasteiger partial charge >= 0.3 is 0 Å². The molecule has 21 heavy (non-hydrogen) atoms. The Kier molecular flexibility index (Phi) is 3.27. The second-order valence-corrected chi connectivity index (χ2v) is 4.72. The van der Waals surface area contributed by atoms with Gasteiger partial charge in [-0.2, -0.15) is 0 Å². The quantitative estimate of drug-likeness (QED) is 0.883. The molecule has 1 aliphatic rings. The molecule has 1 aromatic heterocycles. The Morgan fingerprint density at radius 2 is 2.29 bits per heavy atom. The van der Waals surface area contributed by atoms with E-state index in [1.54, 1.807) is 30.5 Å². The van der Waals surface area contributed by atoms with Crippen molar-refractivity contribution in [3.05, 3.63) is 47.8 Å². The van der Waals surface area contributed by atoms with Crippen molar-refractivity contribution >= 4 is 23.2 Å². The number of benzene rings is 1. The maximum absolute atomic E-state index is 12.2. The number of aryl methyl sites for hydroxylation is 1. The summed E-state index contributed by atoms with van der Waals surface area (Å²) in [6.45, 7) is 1.81. The normalized spacial score (nSPS) is 12.9. The number of amides is 2. The summed E-state index contributed by atoms with van der Waals surface area (Å²) in [5.41, 5.74) is 2.44. The van der Waals surface area contributed by atoms with E-state index < -0.39 is 0 Å². The molecule has 0 saturated heterocycles. The molecule has 0 radical (unpaired) electrons.